The normalized spacial score (nSPS) is 11.4. The number of carbonyl (C=O) groups excluding carboxylic acids is 1. The molecule has 0 fully saturated rings. The highest BCUT2D eigenvalue weighted by Crippen LogP contribution is 2.31. The number of sulfonamides is 1. The number of halogens is 3. The zero-order chi connectivity index (χ0) is 26.6. The molecule has 0 aliphatic heterocycles. The Balaban J connectivity index is 1.87. The van der Waals surface area contributed by atoms with Gasteiger partial charge in [-0.3, -0.25) is 9.52 Å². The first-order chi connectivity index (χ1) is 16.9. The van der Waals surface area contributed by atoms with Crippen LogP contribution in [-0.2, 0) is 23.0 Å². The highest BCUT2D eigenvalue weighted by Gasteiger charge is 2.25. The third-order valence-electron chi connectivity index (χ3n) is 5.97. The van der Waals surface area contributed by atoms with Gasteiger partial charge in [0.25, 0.3) is 15.9 Å². The second-order valence-electron chi connectivity index (χ2n) is 8.85. The number of carbonyl (C=O) groups is 1. The lowest BCUT2D eigenvalue weighted by molar-refractivity contribution is 0.0784. The molecule has 3 rings (SSSR count). The van der Waals surface area contributed by atoms with Gasteiger partial charge in [0.1, 0.15) is 4.90 Å². The molecule has 0 aromatic heterocycles. The van der Waals surface area contributed by atoms with Crippen molar-refractivity contribution in [1.82, 2.24) is 4.90 Å². The van der Waals surface area contributed by atoms with Gasteiger partial charge in [0, 0.05) is 23.8 Å². The van der Waals surface area contributed by atoms with Crippen molar-refractivity contribution in [2.75, 3.05) is 11.8 Å². The molecule has 5 nitrogen and oxygen atoms in total. The van der Waals surface area contributed by atoms with Crippen LogP contribution >= 0.6 is 39.1 Å². The molecule has 0 saturated heterocycles. The van der Waals surface area contributed by atoms with Crippen molar-refractivity contribution in [3.63, 3.8) is 0 Å². The van der Waals surface area contributed by atoms with Crippen molar-refractivity contribution in [3.8, 4) is 0 Å². The molecule has 0 radical (unpaired) electrons. The first-order valence-electron chi connectivity index (χ1n) is 11.5. The predicted octanol–water partition coefficient (Wildman–Crippen LogP) is 7.79. The predicted molar refractivity (Wildman–Crippen MR) is 152 cm³/mol. The van der Waals surface area contributed by atoms with Crippen LogP contribution in [0.25, 0.3) is 0 Å². The highest BCUT2D eigenvalue weighted by atomic mass is 79.9. The molecule has 0 bridgehead atoms. The van der Waals surface area contributed by atoms with Crippen LogP contribution in [-0.4, -0.2) is 26.3 Å². The summed E-state index contributed by atoms with van der Waals surface area (Å²) < 4.78 is 29.9. The number of unbranched alkanes of at least 4 members (excludes halogenated alkanes) is 1. The average Bonchev–Trinajstić information content (AvgIpc) is 2.80. The van der Waals surface area contributed by atoms with Crippen LogP contribution in [0.2, 0.25) is 10.0 Å². The molecule has 192 valence electrons. The zero-order valence-electron chi connectivity index (χ0n) is 20.7. The molecule has 0 aliphatic carbocycles. The van der Waals surface area contributed by atoms with E-state index in [1.807, 2.05) is 38.1 Å². The molecule has 0 saturated carbocycles. The Morgan fingerprint density at radius 2 is 1.61 bits per heavy atom. The van der Waals surface area contributed by atoms with Gasteiger partial charge in [0.05, 0.1) is 15.6 Å². The number of hydrogen-bond acceptors (Lipinski definition) is 3. The molecule has 3 aromatic rings. The van der Waals surface area contributed by atoms with Gasteiger partial charge >= 0.3 is 0 Å². The first-order valence-corrected chi connectivity index (χ1v) is 14.6. The number of amides is 1. The molecule has 0 spiro atoms. The summed E-state index contributed by atoms with van der Waals surface area (Å²) in [6.45, 7) is 6.42. The Kier molecular flexibility index (Phi) is 9.50. The summed E-state index contributed by atoms with van der Waals surface area (Å²) in [5, 5.41) is 0.0196. The van der Waals surface area contributed by atoms with E-state index >= 15 is 0 Å². The molecule has 0 unspecified atom stereocenters. The van der Waals surface area contributed by atoms with Crippen molar-refractivity contribution in [1.29, 1.82) is 0 Å². The van der Waals surface area contributed by atoms with Gasteiger partial charge in [-0.2, -0.15) is 0 Å². The van der Waals surface area contributed by atoms with Crippen LogP contribution in [0.4, 0.5) is 5.69 Å². The van der Waals surface area contributed by atoms with Crippen LogP contribution in [0.15, 0.2) is 57.9 Å². The highest BCUT2D eigenvalue weighted by molar-refractivity contribution is 9.10. The van der Waals surface area contributed by atoms with E-state index in [4.69, 9.17) is 23.2 Å². The number of hydrogen-bond donors (Lipinski definition) is 1. The number of rotatable bonds is 9. The Morgan fingerprint density at radius 3 is 2.19 bits per heavy atom. The number of nitrogens with zero attached hydrogens (tertiary/aromatic N) is 1. The van der Waals surface area contributed by atoms with Gasteiger partial charge in [-0.05, 0) is 85.3 Å². The molecule has 0 atom stereocenters. The standard InChI is InChI=1S/C27H29BrCl2N2O3S/c1-5-6-7-19-8-10-21(11-9-19)31-36(34,35)26-14-22(24(29)15-25(26)30)27(33)32(4)16-23-17(2)12-20(28)13-18(23)3/h8-15,31H,5-7,16H2,1-4H3. The van der Waals surface area contributed by atoms with Gasteiger partial charge in [-0.1, -0.05) is 64.6 Å². The Labute approximate surface area is 232 Å². The van der Waals surface area contributed by atoms with Crippen LogP contribution in [0, 0.1) is 13.8 Å². The van der Waals surface area contributed by atoms with Gasteiger partial charge in [-0.15, -0.1) is 0 Å². The molecule has 1 amide bonds. The van der Waals surface area contributed by atoms with Gasteiger partial charge in [0.15, 0.2) is 0 Å². The van der Waals surface area contributed by atoms with Gasteiger partial charge in [-0.25, -0.2) is 8.42 Å². The summed E-state index contributed by atoms with van der Waals surface area (Å²) in [6, 6.07) is 13.7. The largest absolute Gasteiger partial charge is 0.337 e. The van der Waals surface area contributed by atoms with E-state index in [0.29, 0.717) is 12.2 Å². The third-order valence-corrected chi connectivity index (χ3v) is 8.59. The fourth-order valence-corrected chi connectivity index (χ4v) is 6.53. The van der Waals surface area contributed by atoms with E-state index in [1.165, 1.54) is 17.0 Å². The second-order valence-corrected chi connectivity index (χ2v) is 12.2. The van der Waals surface area contributed by atoms with Crippen LogP contribution < -0.4 is 4.72 Å². The van der Waals surface area contributed by atoms with Crippen molar-refractivity contribution in [2.24, 2.45) is 0 Å². The van der Waals surface area contributed by atoms with E-state index < -0.39 is 15.9 Å². The Hall–Kier alpha value is -2.06. The Morgan fingerprint density at radius 1 is 1.00 bits per heavy atom. The van der Waals surface area contributed by atoms with Crippen molar-refractivity contribution < 1.29 is 13.2 Å². The number of anilines is 1. The zero-order valence-corrected chi connectivity index (χ0v) is 24.6. The summed E-state index contributed by atoms with van der Waals surface area (Å²) >= 11 is 16.1. The maximum atomic E-state index is 13.3. The molecule has 0 heterocycles. The van der Waals surface area contributed by atoms with Gasteiger partial charge in [0.2, 0.25) is 0 Å². The van der Waals surface area contributed by atoms with E-state index in [9.17, 15) is 13.2 Å². The summed E-state index contributed by atoms with van der Waals surface area (Å²) in [4.78, 5) is 14.6. The first kappa shape index (κ1) is 28.5. The lowest BCUT2D eigenvalue weighted by Crippen LogP contribution is -2.27. The van der Waals surface area contributed by atoms with Crippen molar-refractivity contribution in [3.05, 3.63) is 90.9 Å². The minimum atomic E-state index is -4.07. The smallest absolute Gasteiger partial charge is 0.263 e. The fraction of sp³-hybridized carbons (Fsp3) is 0.296. The summed E-state index contributed by atoms with van der Waals surface area (Å²) in [5.74, 6) is -0.407. The maximum absolute atomic E-state index is 13.3. The maximum Gasteiger partial charge on any atom is 0.263 e. The number of benzene rings is 3. The minimum Gasteiger partial charge on any atom is -0.337 e. The van der Waals surface area contributed by atoms with Crippen molar-refractivity contribution >= 4 is 60.7 Å². The van der Waals surface area contributed by atoms with Crippen LogP contribution in [0.5, 0.6) is 0 Å². The van der Waals surface area contributed by atoms with Crippen LogP contribution in [0.1, 0.15) is 52.4 Å². The molecule has 0 aliphatic rings. The van der Waals surface area contributed by atoms with Crippen LogP contribution in [0.3, 0.4) is 0 Å². The lowest BCUT2D eigenvalue weighted by atomic mass is 10.0. The average molecular weight is 612 g/mol. The molecular formula is C27H29BrCl2N2O3S. The monoisotopic (exact) mass is 610 g/mol. The molecular weight excluding hydrogens is 583 g/mol. The summed E-state index contributed by atoms with van der Waals surface area (Å²) in [5.41, 5.74) is 4.69. The summed E-state index contributed by atoms with van der Waals surface area (Å²) in [6.07, 6.45) is 3.09. The third kappa shape index (κ3) is 6.82. The summed E-state index contributed by atoms with van der Waals surface area (Å²) in [7, 11) is -2.41. The number of nitrogens with one attached hydrogen (secondary N) is 1. The van der Waals surface area contributed by atoms with E-state index in [2.05, 4.69) is 27.6 Å². The minimum absolute atomic E-state index is 0.0614. The molecule has 1 N–H and O–H groups in total. The fourth-order valence-electron chi connectivity index (χ4n) is 3.93. The SMILES string of the molecule is CCCCc1ccc(NS(=O)(=O)c2cc(C(=O)N(C)Cc3c(C)cc(Br)cc3C)c(Cl)cc2Cl)cc1. The quantitative estimate of drug-likeness (QED) is 0.268. The van der Waals surface area contributed by atoms with E-state index in [1.54, 1.807) is 19.2 Å². The van der Waals surface area contributed by atoms with E-state index in [0.717, 1.165) is 46.0 Å². The van der Waals surface area contributed by atoms with Gasteiger partial charge < -0.3 is 4.90 Å². The Bertz CT molecular complexity index is 1350. The molecule has 3 aromatic carbocycles. The van der Waals surface area contributed by atoms with E-state index in [-0.39, 0.29) is 20.5 Å². The molecule has 36 heavy (non-hydrogen) atoms. The lowest BCUT2D eigenvalue weighted by Gasteiger charge is -2.21. The number of aryl methyl sites for hydroxylation is 3. The molecule has 9 heteroatoms. The second kappa shape index (κ2) is 12.0. The van der Waals surface area contributed by atoms with Crippen molar-refractivity contribution in [2.45, 2.75) is 51.5 Å². The topological polar surface area (TPSA) is 66.5 Å².